The molecule has 4 saturated carbocycles. The van der Waals surface area contributed by atoms with E-state index in [0.717, 1.165) is 44.1 Å². The minimum absolute atomic E-state index is 0.126. The van der Waals surface area contributed by atoms with Gasteiger partial charge in [0.15, 0.2) is 0 Å². The normalized spacial score (nSPS) is 60.7. The van der Waals surface area contributed by atoms with Crippen LogP contribution in [0.4, 0.5) is 0 Å². The lowest BCUT2D eigenvalue weighted by Crippen LogP contribution is -2.63. The summed E-state index contributed by atoms with van der Waals surface area (Å²) in [7, 11) is 0. The Kier molecular flexibility index (Phi) is 3.38. The Hall–Kier alpha value is -0.0500. The highest BCUT2D eigenvalue weighted by Gasteiger charge is 2.72. The van der Waals surface area contributed by atoms with Crippen molar-refractivity contribution in [3.05, 3.63) is 11.6 Å². The van der Waals surface area contributed by atoms with E-state index in [0.29, 0.717) is 11.3 Å². The van der Waals surface area contributed by atoms with Gasteiger partial charge in [-0.1, -0.05) is 18.6 Å². The topological polar surface area (TPSA) is 29.5 Å². The predicted octanol–water partition coefficient (Wildman–Crippen LogP) is 4.69. The van der Waals surface area contributed by atoms with Crippen LogP contribution in [0.3, 0.4) is 0 Å². The highest BCUT2D eigenvalue weighted by Crippen LogP contribution is 2.72. The molecule has 5 fully saturated rings. The van der Waals surface area contributed by atoms with E-state index in [2.05, 4.69) is 19.9 Å². The molecule has 0 aromatic heterocycles. The third-order valence-corrected chi connectivity index (χ3v) is 9.94. The van der Waals surface area contributed by atoms with Gasteiger partial charge in [0.05, 0.1) is 23.7 Å². The van der Waals surface area contributed by atoms with Gasteiger partial charge in [0.1, 0.15) is 0 Å². The predicted molar refractivity (Wildman–Crippen MR) is 96.0 cm³/mol. The van der Waals surface area contributed by atoms with Crippen LogP contribution < -0.4 is 0 Å². The summed E-state index contributed by atoms with van der Waals surface area (Å²) in [6.07, 6.45) is 11.4. The third-order valence-electron chi connectivity index (χ3n) is 9.17. The van der Waals surface area contributed by atoms with E-state index in [9.17, 15) is 5.11 Å². The van der Waals surface area contributed by atoms with Crippen molar-refractivity contribution in [2.75, 3.05) is 6.61 Å². The molecule has 3 heteroatoms. The van der Waals surface area contributed by atoms with Gasteiger partial charge < -0.3 is 9.84 Å². The van der Waals surface area contributed by atoms with Crippen molar-refractivity contribution in [3.8, 4) is 0 Å². The van der Waals surface area contributed by atoms with Crippen molar-refractivity contribution in [3.63, 3.8) is 0 Å². The minimum atomic E-state index is -0.304. The smallest absolute Gasteiger partial charge is 0.0812 e. The fraction of sp³-hybridized carbons (Fsp3) is 0.905. The summed E-state index contributed by atoms with van der Waals surface area (Å²) in [5.41, 5.74) is 2.26. The van der Waals surface area contributed by atoms with Crippen LogP contribution in [-0.2, 0) is 4.74 Å². The average molecular weight is 351 g/mol. The molecule has 2 bridgehead atoms. The lowest BCUT2D eigenvalue weighted by molar-refractivity contribution is -0.0936. The summed E-state index contributed by atoms with van der Waals surface area (Å²) in [6.45, 7) is 5.60. The monoisotopic (exact) mass is 350 g/mol. The second-order valence-corrected chi connectivity index (χ2v) is 10.3. The van der Waals surface area contributed by atoms with Gasteiger partial charge in [-0.05, 0) is 81.5 Å². The Balaban J connectivity index is 1.55. The lowest BCUT2D eigenvalue weighted by Gasteiger charge is -2.62. The Labute approximate surface area is 151 Å². The molecule has 24 heavy (non-hydrogen) atoms. The molecule has 0 aromatic rings. The first-order chi connectivity index (χ1) is 11.4. The average Bonchev–Trinajstić information content (AvgIpc) is 2.96. The van der Waals surface area contributed by atoms with E-state index >= 15 is 0 Å². The van der Waals surface area contributed by atoms with Crippen LogP contribution in [0.25, 0.3) is 0 Å². The summed E-state index contributed by atoms with van der Waals surface area (Å²) in [5.74, 6) is 2.29. The second kappa shape index (κ2) is 5.02. The zero-order chi connectivity index (χ0) is 16.7. The van der Waals surface area contributed by atoms with Gasteiger partial charge in [0.25, 0.3) is 0 Å². The number of halogens is 1. The highest BCUT2D eigenvalue weighted by atomic mass is 35.5. The summed E-state index contributed by atoms with van der Waals surface area (Å²) in [5, 5.41) is 10.3. The fourth-order valence-electron chi connectivity index (χ4n) is 8.03. The Bertz CT molecular complexity index is 588. The summed E-state index contributed by atoms with van der Waals surface area (Å²) < 4.78 is 6.33. The molecule has 1 aliphatic heterocycles. The van der Waals surface area contributed by atoms with Gasteiger partial charge in [0, 0.05) is 5.41 Å². The van der Waals surface area contributed by atoms with Gasteiger partial charge in [-0.25, -0.2) is 0 Å². The molecule has 0 radical (unpaired) electrons. The largest absolute Gasteiger partial charge is 0.393 e. The van der Waals surface area contributed by atoms with Gasteiger partial charge in [-0.3, -0.25) is 0 Å². The first-order valence-corrected chi connectivity index (χ1v) is 10.5. The molecule has 134 valence electrons. The minimum Gasteiger partial charge on any atom is -0.393 e. The number of ether oxygens (including phenoxy) is 1. The van der Waals surface area contributed by atoms with Crippen LogP contribution in [0.2, 0.25) is 0 Å². The number of hydrogen-bond acceptors (Lipinski definition) is 2. The number of hydrogen-bond donors (Lipinski definition) is 1. The van der Waals surface area contributed by atoms with Crippen molar-refractivity contribution in [2.45, 2.75) is 82.3 Å². The van der Waals surface area contributed by atoms with Crippen molar-refractivity contribution in [1.82, 2.24) is 0 Å². The Morgan fingerprint density at radius 3 is 2.83 bits per heavy atom. The van der Waals surface area contributed by atoms with E-state index in [1.54, 1.807) is 5.57 Å². The molecule has 5 rings (SSSR count). The van der Waals surface area contributed by atoms with Crippen molar-refractivity contribution >= 4 is 11.6 Å². The molecule has 1 saturated heterocycles. The van der Waals surface area contributed by atoms with Crippen molar-refractivity contribution in [1.29, 1.82) is 0 Å². The lowest BCUT2D eigenvalue weighted by atomic mass is 9.44. The highest BCUT2D eigenvalue weighted by molar-refractivity contribution is 6.25. The fourth-order valence-corrected chi connectivity index (χ4v) is 8.65. The molecule has 5 aliphatic rings. The number of alkyl halides is 1. The molecule has 2 nitrogen and oxygen atoms in total. The Morgan fingerprint density at radius 1 is 1.21 bits per heavy atom. The molecular formula is C21H31ClO2. The number of aliphatic hydroxyl groups excluding tert-OH is 1. The quantitative estimate of drug-likeness (QED) is 0.507. The van der Waals surface area contributed by atoms with E-state index in [1.807, 2.05) is 0 Å². The number of rotatable bonds is 0. The molecule has 0 amide bonds. The maximum Gasteiger partial charge on any atom is 0.0812 e. The standard InChI is InChI=1S/C21H31ClO2/c1-3-13-4-5-16-15-10-18-21(22)11-14(23)6-9-20(21,12-24-18)17(15)7-8-19(13,16)2/h3,14-18,23H,4-12H2,1-2H3/t14?,15-,16-,17-,18?,19+,20-,21-/m0/s1. The maximum atomic E-state index is 10.3. The van der Waals surface area contributed by atoms with Gasteiger partial charge in [-0.2, -0.15) is 0 Å². The van der Waals surface area contributed by atoms with E-state index < -0.39 is 0 Å². The molecule has 1 N–H and O–H groups in total. The van der Waals surface area contributed by atoms with Crippen LogP contribution in [0, 0.1) is 28.6 Å². The summed E-state index contributed by atoms with van der Waals surface area (Å²) in [6, 6.07) is 0. The third kappa shape index (κ3) is 1.71. The van der Waals surface area contributed by atoms with Gasteiger partial charge in [0.2, 0.25) is 0 Å². The van der Waals surface area contributed by atoms with E-state index in [1.165, 1.54) is 25.7 Å². The first kappa shape index (κ1) is 16.1. The molecule has 1 heterocycles. The van der Waals surface area contributed by atoms with Crippen LogP contribution in [-0.4, -0.2) is 28.8 Å². The molecule has 0 aromatic carbocycles. The van der Waals surface area contributed by atoms with Gasteiger partial charge >= 0.3 is 0 Å². The second-order valence-electron chi connectivity index (χ2n) is 9.64. The molecule has 0 spiro atoms. The number of aliphatic hydroxyl groups is 1. The van der Waals surface area contributed by atoms with Crippen LogP contribution >= 0.6 is 11.6 Å². The summed E-state index contributed by atoms with van der Waals surface area (Å²) in [4.78, 5) is -0.304. The van der Waals surface area contributed by atoms with Crippen LogP contribution in [0.1, 0.15) is 65.2 Å². The van der Waals surface area contributed by atoms with Crippen LogP contribution in [0.15, 0.2) is 11.6 Å². The van der Waals surface area contributed by atoms with Crippen molar-refractivity contribution in [2.24, 2.45) is 28.6 Å². The first-order valence-electron chi connectivity index (χ1n) is 10.1. The number of fused-ring (bicyclic) bond motifs is 3. The Morgan fingerprint density at radius 2 is 2.04 bits per heavy atom. The summed E-state index contributed by atoms with van der Waals surface area (Å²) >= 11 is 7.28. The van der Waals surface area contributed by atoms with Crippen molar-refractivity contribution < 1.29 is 9.84 Å². The molecule has 2 unspecified atom stereocenters. The number of allylic oxidation sites excluding steroid dienone is 2. The zero-order valence-corrected chi connectivity index (χ0v) is 15.8. The SMILES string of the molecule is CC=C1CC[C@H]2[C@@H]3CC4OC[C@@]5(CCC(O)C[C@]45Cl)[C@H]3CC[C@]12C. The zero-order valence-electron chi connectivity index (χ0n) is 15.1. The molecular weight excluding hydrogens is 320 g/mol. The van der Waals surface area contributed by atoms with E-state index in [4.69, 9.17) is 16.3 Å². The molecule has 8 atom stereocenters. The van der Waals surface area contributed by atoms with Gasteiger partial charge in [-0.15, -0.1) is 11.6 Å². The molecule has 4 aliphatic carbocycles. The maximum absolute atomic E-state index is 10.3. The van der Waals surface area contributed by atoms with E-state index in [-0.39, 0.29) is 22.5 Å². The van der Waals surface area contributed by atoms with Crippen LogP contribution in [0.5, 0.6) is 0 Å².